The summed E-state index contributed by atoms with van der Waals surface area (Å²) in [7, 11) is 0. The third-order valence-electron chi connectivity index (χ3n) is 2.15. The average molecular weight is 238 g/mol. The Morgan fingerprint density at radius 2 is 2.12 bits per heavy atom. The lowest BCUT2D eigenvalue weighted by Crippen LogP contribution is -2.15. The molecule has 0 amide bonds. The van der Waals surface area contributed by atoms with Gasteiger partial charge in [-0.25, -0.2) is 4.98 Å². The van der Waals surface area contributed by atoms with Crippen LogP contribution in [-0.2, 0) is 12.0 Å². The van der Waals surface area contributed by atoms with E-state index in [1.807, 2.05) is 0 Å². The van der Waals surface area contributed by atoms with Crippen molar-refractivity contribution in [3.8, 4) is 0 Å². The summed E-state index contributed by atoms with van der Waals surface area (Å²) in [5.41, 5.74) is 2.67. The Morgan fingerprint density at radius 1 is 1.44 bits per heavy atom. The standard InChI is InChI=1S/C13H22N2S/c1-10(2)6-7-14-8-11-9-16-12(15-11)13(3,4)5/h6,9,14H,7-8H2,1-5H3. The van der Waals surface area contributed by atoms with Crippen LogP contribution in [0.15, 0.2) is 17.0 Å². The van der Waals surface area contributed by atoms with Gasteiger partial charge in [0.2, 0.25) is 0 Å². The maximum Gasteiger partial charge on any atom is 0.0982 e. The molecule has 0 aliphatic rings. The minimum atomic E-state index is 0.169. The van der Waals surface area contributed by atoms with Gasteiger partial charge >= 0.3 is 0 Å². The Kier molecular flexibility index (Phi) is 4.69. The Hall–Kier alpha value is -0.670. The largest absolute Gasteiger partial charge is 0.308 e. The number of hydrogen-bond acceptors (Lipinski definition) is 3. The van der Waals surface area contributed by atoms with Crippen molar-refractivity contribution in [1.29, 1.82) is 0 Å². The first-order valence-corrected chi connectivity index (χ1v) is 6.56. The molecule has 0 aliphatic heterocycles. The molecule has 1 aromatic heterocycles. The second kappa shape index (κ2) is 5.60. The molecule has 16 heavy (non-hydrogen) atoms. The molecule has 1 heterocycles. The van der Waals surface area contributed by atoms with Gasteiger partial charge in [0.1, 0.15) is 0 Å². The predicted octanol–water partition coefficient (Wildman–Crippen LogP) is 3.50. The normalized spacial score (nSPS) is 11.6. The Morgan fingerprint density at radius 3 is 2.62 bits per heavy atom. The van der Waals surface area contributed by atoms with E-state index in [1.54, 1.807) is 11.3 Å². The predicted molar refractivity (Wildman–Crippen MR) is 72.0 cm³/mol. The van der Waals surface area contributed by atoms with Crippen molar-refractivity contribution in [3.63, 3.8) is 0 Å². The molecule has 0 aromatic carbocycles. The highest BCUT2D eigenvalue weighted by molar-refractivity contribution is 7.09. The van der Waals surface area contributed by atoms with Crippen LogP contribution < -0.4 is 5.32 Å². The highest BCUT2D eigenvalue weighted by Gasteiger charge is 2.17. The van der Waals surface area contributed by atoms with Gasteiger partial charge in [0.15, 0.2) is 0 Å². The molecule has 0 radical (unpaired) electrons. The maximum atomic E-state index is 4.63. The zero-order chi connectivity index (χ0) is 12.2. The molecular formula is C13H22N2S. The van der Waals surface area contributed by atoms with E-state index in [-0.39, 0.29) is 5.41 Å². The molecule has 0 bridgehead atoms. The van der Waals surface area contributed by atoms with Gasteiger partial charge in [-0.15, -0.1) is 11.3 Å². The SMILES string of the molecule is CC(C)=CCNCc1csc(C(C)(C)C)n1. The highest BCUT2D eigenvalue weighted by Crippen LogP contribution is 2.25. The highest BCUT2D eigenvalue weighted by atomic mass is 32.1. The number of aromatic nitrogens is 1. The fraction of sp³-hybridized carbons (Fsp3) is 0.615. The molecule has 0 aliphatic carbocycles. The zero-order valence-corrected chi connectivity index (χ0v) is 11.7. The summed E-state index contributed by atoms with van der Waals surface area (Å²) in [6, 6.07) is 0. The molecule has 0 atom stereocenters. The number of nitrogens with one attached hydrogen (secondary N) is 1. The topological polar surface area (TPSA) is 24.9 Å². The molecule has 0 saturated heterocycles. The minimum Gasteiger partial charge on any atom is -0.308 e. The summed E-state index contributed by atoms with van der Waals surface area (Å²) in [6.45, 7) is 12.6. The lowest BCUT2D eigenvalue weighted by atomic mass is 9.98. The van der Waals surface area contributed by atoms with Gasteiger partial charge in [-0.2, -0.15) is 0 Å². The molecule has 3 heteroatoms. The molecule has 0 spiro atoms. The summed E-state index contributed by atoms with van der Waals surface area (Å²) in [5, 5.41) is 6.73. The van der Waals surface area contributed by atoms with Gasteiger partial charge in [0.05, 0.1) is 10.7 Å². The van der Waals surface area contributed by atoms with Crippen LogP contribution in [0.5, 0.6) is 0 Å². The van der Waals surface area contributed by atoms with E-state index in [2.05, 4.69) is 56.4 Å². The van der Waals surface area contributed by atoms with Crippen LogP contribution in [0.2, 0.25) is 0 Å². The number of rotatable bonds is 4. The van der Waals surface area contributed by atoms with Crippen molar-refractivity contribution >= 4 is 11.3 Å². The summed E-state index contributed by atoms with van der Waals surface area (Å²) < 4.78 is 0. The van der Waals surface area contributed by atoms with Crippen molar-refractivity contribution in [1.82, 2.24) is 10.3 Å². The van der Waals surface area contributed by atoms with Crippen molar-refractivity contribution < 1.29 is 0 Å². The average Bonchev–Trinajstić information content (AvgIpc) is 2.59. The first-order valence-electron chi connectivity index (χ1n) is 5.68. The molecule has 0 unspecified atom stereocenters. The summed E-state index contributed by atoms with van der Waals surface area (Å²) in [4.78, 5) is 4.63. The van der Waals surface area contributed by atoms with E-state index in [4.69, 9.17) is 0 Å². The summed E-state index contributed by atoms with van der Waals surface area (Å²) >= 11 is 1.75. The van der Waals surface area contributed by atoms with Crippen LogP contribution in [0.25, 0.3) is 0 Å². The lowest BCUT2D eigenvalue weighted by Gasteiger charge is -2.13. The van der Waals surface area contributed by atoms with Crippen LogP contribution in [0, 0.1) is 0 Å². The van der Waals surface area contributed by atoms with Gasteiger partial charge in [-0.1, -0.05) is 32.4 Å². The van der Waals surface area contributed by atoms with Crippen molar-refractivity contribution in [2.45, 2.75) is 46.6 Å². The quantitative estimate of drug-likeness (QED) is 0.641. The Bertz CT molecular complexity index is 354. The third-order valence-corrected chi connectivity index (χ3v) is 3.47. The molecule has 1 rings (SSSR count). The molecule has 2 nitrogen and oxygen atoms in total. The van der Waals surface area contributed by atoms with Crippen LogP contribution in [0.4, 0.5) is 0 Å². The van der Waals surface area contributed by atoms with Crippen LogP contribution >= 0.6 is 11.3 Å². The number of hydrogen-bond donors (Lipinski definition) is 1. The molecule has 90 valence electrons. The summed E-state index contributed by atoms with van der Waals surface area (Å²) in [5.74, 6) is 0. The first kappa shape index (κ1) is 13.4. The fourth-order valence-electron chi connectivity index (χ4n) is 1.21. The second-order valence-electron chi connectivity index (χ2n) is 5.31. The number of nitrogens with zero attached hydrogens (tertiary/aromatic N) is 1. The van der Waals surface area contributed by atoms with Gasteiger partial charge in [0.25, 0.3) is 0 Å². The molecular weight excluding hydrogens is 216 g/mol. The maximum absolute atomic E-state index is 4.63. The van der Waals surface area contributed by atoms with Crippen LogP contribution in [0.1, 0.15) is 45.3 Å². The van der Waals surface area contributed by atoms with E-state index < -0.39 is 0 Å². The van der Waals surface area contributed by atoms with Crippen LogP contribution in [-0.4, -0.2) is 11.5 Å². The van der Waals surface area contributed by atoms with Gasteiger partial charge in [0, 0.05) is 23.9 Å². The van der Waals surface area contributed by atoms with E-state index in [0.29, 0.717) is 0 Å². The smallest absolute Gasteiger partial charge is 0.0982 e. The zero-order valence-electron chi connectivity index (χ0n) is 10.9. The van der Waals surface area contributed by atoms with Crippen LogP contribution in [0.3, 0.4) is 0 Å². The van der Waals surface area contributed by atoms with Crippen molar-refractivity contribution in [2.75, 3.05) is 6.54 Å². The number of allylic oxidation sites excluding steroid dienone is 1. The molecule has 1 N–H and O–H groups in total. The Labute approximate surface area is 103 Å². The van der Waals surface area contributed by atoms with Crippen molar-refractivity contribution in [2.24, 2.45) is 0 Å². The molecule has 1 aromatic rings. The van der Waals surface area contributed by atoms with Crippen molar-refractivity contribution in [3.05, 3.63) is 27.7 Å². The van der Waals surface area contributed by atoms with Gasteiger partial charge in [-0.05, 0) is 13.8 Å². The summed E-state index contributed by atoms with van der Waals surface area (Å²) in [6.07, 6.45) is 2.19. The van der Waals surface area contributed by atoms with E-state index in [0.717, 1.165) is 18.8 Å². The monoisotopic (exact) mass is 238 g/mol. The van der Waals surface area contributed by atoms with E-state index in [9.17, 15) is 0 Å². The van der Waals surface area contributed by atoms with Gasteiger partial charge in [-0.3, -0.25) is 0 Å². The van der Waals surface area contributed by atoms with E-state index >= 15 is 0 Å². The Balaban J connectivity index is 2.44. The second-order valence-corrected chi connectivity index (χ2v) is 6.16. The lowest BCUT2D eigenvalue weighted by molar-refractivity contribution is 0.581. The van der Waals surface area contributed by atoms with E-state index in [1.165, 1.54) is 10.6 Å². The first-order chi connectivity index (χ1) is 7.39. The third kappa shape index (κ3) is 4.45. The molecule has 0 saturated carbocycles. The van der Waals surface area contributed by atoms with Gasteiger partial charge < -0.3 is 5.32 Å². The minimum absolute atomic E-state index is 0.169. The number of thiazole rings is 1. The molecule has 0 fully saturated rings. The fourth-order valence-corrected chi connectivity index (χ4v) is 2.12.